The number of rotatable bonds is 8. The molecule has 1 rings (SSSR count). The lowest BCUT2D eigenvalue weighted by Gasteiger charge is -2.22. The first-order valence-electron chi connectivity index (χ1n) is 6.34. The topological polar surface area (TPSA) is 68.3 Å². The summed E-state index contributed by atoms with van der Waals surface area (Å²) < 4.78 is 8.26. The van der Waals surface area contributed by atoms with Crippen LogP contribution in [0, 0.1) is 0 Å². The highest BCUT2D eigenvalue weighted by Crippen LogP contribution is 2.26. The second-order valence-corrected chi connectivity index (χ2v) is 5.76. The van der Waals surface area contributed by atoms with Gasteiger partial charge in [0.2, 0.25) is 0 Å². The van der Waals surface area contributed by atoms with Gasteiger partial charge in [-0.05, 0) is 43.4 Å². The highest BCUT2D eigenvalue weighted by atomic mass is 79.9. The van der Waals surface area contributed by atoms with Gasteiger partial charge in [0.15, 0.2) is 0 Å². The van der Waals surface area contributed by atoms with Crippen LogP contribution in [-0.2, 0) is 11.3 Å². The minimum atomic E-state index is 0.00832. The van der Waals surface area contributed by atoms with Gasteiger partial charge in [-0.1, -0.05) is 0 Å². The Morgan fingerprint density at radius 2 is 2.26 bits per heavy atom. The highest BCUT2D eigenvalue weighted by molar-refractivity contribution is 9.10. The first kappa shape index (κ1) is 16.6. The van der Waals surface area contributed by atoms with Crippen molar-refractivity contribution in [3.63, 3.8) is 0 Å². The summed E-state index contributed by atoms with van der Waals surface area (Å²) in [4.78, 5) is 2.13. The number of nitrogens with one attached hydrogen (secondary N) is 1. The lowest BCUT2D eigenvalue weighted by atomic mass is 10.1. The predicted molar refractivity (Wildman–Crippen MR) is 79.6 cm³/mol. The standard InChI is InChI=1S/C12H24BrN5O/c1-9(19-4)7-11(16-14)12-10(13)8-15-18(12)6-5-17(2)3/h8-9,11,16H,5-7,14H2,1-4H3. The number of aromatic nitrogens is 2. The normalized spacial score (nSPS) is 14.9. The van der Waals surface area contributed by atoms with Gasteiger partial charge in [-0.25, -0.2) is 0 Å². The summed E-state index contributed by atoms with van der Waals surface area (Å²) in [7, 11) is 5.80. The van der Waals surface area contributed by atoms with Crippen molar-refractivity contribution < 1.29 is 4.74 Å². The molecule has 1 aromatic rings. The van der Waals surface area contributed by atoms with E-state index in [-0.39, 0.29) is 12.1 Å². The van der Waals surface area contributed by atoms with Gasteiger partial charge in [-0.15, -0.1) is 0 Å². The zero-order chi connectivity index (χ0) is 14.4. The van der Waals surface area contributed by atoms with Gasteiger partial charge in [0.1, 0.15) is 0 Å². The van der Waals surface area contributed by atoms with E-state index >= 15 is 0 Å². The number of halogens is 1. The average Bonchev–Trinajstić information content (AvgIpc) is 2.74. The Hall–Kier alpha value is -0.470. The number of hydrazine groups is 1. The quantitative estimate of drug-likeness (QED) is 0.551. The molecule has 7 heteroatoms. The molecule has 3 N–H and O–H groups in total. The van der Waals surface area contributed by atoms with Gasteiger partial charge in [0.05, 0.1) is 35.1 Å². The SMILES string of the molecule is COC(C)CC(NN)c1c(Br)cnn1CCN(C)C. The smallest absolute Gasteiger partial charge is 0.0710 e. The number of hydrogen-bond donors (Lipinski definition) is 2. The Balaban J connectivity index is 2.86. The second-order valence-electron chi connectivity index (χ2n) is 4.91. The summed E-state index contributed by atoms with van der Waals surface area (Å²) in [5, 5.41) is 4.40. The third-order valence-corrected chi connectivity index (χ3v) is 3.70. The summed E-state index contributed by atoms with van der Waals surface area (Å²) in [5.41, 5.74) is 3.92. The fraction of sp³-hybridized carbons (Fsp3) is 0.750. The van der Waals surface area contributed by atoms with Crippen LogP contribution >= 0.6 is 15.9 Å². The Bertz CT molecular complexity index is 382. The molecule has 0 aliphatic carbocycles. The van der Waals surface area contributed by atoms with Crippen molar-refractivity contribution in [2.45, 2.75) is 32.0 Å². The van der Waals surface area contributed by atoms with E-state index in [1.807, 2.05) is 31.9 Å². The molecule has 0 amide bonds. The fourth-order valence-corrected chi connectivity index (χ4v) is 2.45. The maximum absolute atomic E-state index is 5.68. The van der Waals surface area contributed by atoms with E-state index in [1.165, 1.54) is 0 Å². The summed E-state index contributed by atoms with van der Waals surface area (Å²) in [6, 6.07) is 0.00832. The molecule has 110 valence electrons. The van der Waals surface area contributed by atoms with Crippen LogP contribution in [0.2, 0.25) is 0 Å². The molecule has 0 spiro atoms. The second kappa shape index (κ2) is 7.96. The molecule has 0 aromatic carbocycles. The Morgan fingerprint density at radius 1 is 1.58 bits per heavy atom. The van der Waals surface area contributed by atoms with E-state index in [0.29, 0.717) is 0 Å². The van der Waals surface area contributed by atoms with Crippen LogP contribution < -0.4 is 11.3 Å². The molecular weight excluding hydrogens is 310 g/mol. The monoisotopic (exact) mass is 333 g/mol. The van der Waals surface area contributed by atoms with Crippen molar-refractivity contribution in [2.24, 2.45) is 5.84 Å². The van der Waals surface area contributed by atoms with Crippen LogP contribution in [0.1, 0.15) is 25.1 Å². The molecule has 0 saturated heterocycles. The van der Waals surface area contributed by atoms with Crippen molar-refractivity contribution in [3.05, 3.63) is 16.4 Å². The van der Waals surface area contributed by atoms with Crippen LogP contribution in [0.3, 0.4) is 0 Å². The van der Waals surface area contributed by atoms with Crippen molar-refractivity contribution in [1.82, 2.24) is 20.1 Å². The molecule has 0 radical (unpaired) electrons. The molecule has 0 saturated carbocycles. The molecule has 1 aromatic heterocycles. The van der Waals surface area contributed by atoms with E-state index in [2.05, 4.69) is 31.4 Å². The molecule has 0 bridgehead atoms. The molecule has 6 nitrogen and oxygen atoms in total. The Kier molecular flexibility index (Phi) is 6.95. The number of nitrogens with two attached hydrogens (primary N) is 1. The lowest BCUT2D eigenvalue weighted by Crippen LogP contribution is -2.33. The van der Waals surface area contributed by atoms with Crippen LogP contribution in [0.15, 0.2) is 10.7 Å². The number of methoxy groups -OCH3 is 1. The lowest BCUT2D eigenvalue weighted by molar-refractivity contribution is 0.0991. The summed E-state index contributed by atoms with van der Waals surface area (Å²) in [5.74, 6) is 5.68. The number of likely N-dealkylation sites (N-methyl/N-ethyl adjacent to an activating group) is 1. The summed E-state index contributed by atoms with van der Waals surface area (Å²) in [6.45, 7) is 3.78. The van der Waals surface area contributed by atoms with E-state index in [1.54, 1.807) is 7.11 Å². The molecule has 19 heavy (non-hydrogen) atoms. The maximum atomic E-state index is 5.68. The van der Waals surface area contributed by atoms with Crippen LogP contribution in [0.4, 0.5) is 0 Å². The first-order valence-corrected chi connectivity index (χ1v) is 7.13. The maximum Gasteiger partial charge on any atom is 0.0710 e. The van der Waals surface area contributed by atoms with Crippen molar-refractivity contribution in [2.75, 3.05) is 27.7 Å². The van der Waals surface area contributed by atoms with Crippen LogP contribution in [-0.4, -0.2) is 48.5 Å². The van der Waals surface area contributed by atoms with E-state index in [9.17, 15) is 0 Å². The van der Waals surface area contributed by atoms with Gasteiger partial charge < -0.3 is 9.64 Å². The average molecular weight is 334 g/mol. The molecule has 0 aliphatic rings. The number of nitrogens with zero attached hydrogens (tertiary/aromatic N) is 3. The van der Waals surface area contributed by atoms with Gasteiger partial charge in [0.25, 0.3) is 0 Å². The predicted octanol–water partition coefficient (Wildman–Crippen LogP) is 1.14. The minimum absolute atomic E-state index is 0.00832. The van der Waals surface area contributed by atoms with Crippen molar-refractivity contribution in [1.29, 1.82) is 0 Å². The van der Waals surface area contributed by atoms with E-state index in [4.69, 9.17) is 10.6 Å². The van der Waals surface area contributed by atoms with E-state index in [0.717, 1.165) is 29.7 Å². The molecule has 0 aliphatic heterocycles. The zero-order valence-corrected chi connectivity index (χ0v) is 13.6. The Labute approximate surface area is 123 Å². The highest BCUT2D eigenvalue weighted by Gasteiger charge is 2.21. The summed E-state index contributed by atoms with van der Waals surface area (Å²) in [6.07, 6.45) is 2.73. The fourth-order valence-electron chi connectivity index (χ4n) is 1.88. The van der Waals surface area contributed by atoms with Crippen molar-refractivity contribution in [3.8, 4) is 0 Å². The molecule has 0 fully saturated rings. The largest absolute Gasteiger partial charge is 0.382 e. The van der Waals surface area contributed by atoms with Gasteiger partial charge in [0, 0.05) is 13.7 Å². The third-order valence-electron chi connectivity index (χ3n) is 3.09. The molecule has 2 unspecified atom stereocenters. The van der Waals surface area contributed by atoms with Gasteiger partial charge in [-0.3, -0.25) is 16.0 Å². The third kappa shape index (κ3) is 4.85. The first-order chi connectivity index (χ1) is 8.99. The molecule has 1 heterocycles. The number of ether oxygens (including phenoxy) is 1. The zero-order valence-electron chi connectivity index (χ0n) is 12.1. The molecule has 2 atom stereocenters. The number of hydrogen-bond acceptors (Lipinski definition) is 5. The minimum Gasteiger partial charge on any atom is -0.382 e. The van der Waals surface area contributed by atoms with Crippen molar-refractivity contribution >= 4 is 15.9 Å². The Morgan fingerprint density at radius 3 is 2.79 bits per heavy atom. The van der Waals surface area contributed by atoms with Gasteiger partial charge >= 0.3 is 0 Å². The molecular formula is C12H24BrN5O. The van der Waals surface area contributed by atoms with Crippen LogP contribution in [0.5, 0.6) is 0 Å². The van der Waals surface area contributed by atoms with Crippen LogP contribution in [0.25, 0.3) is 0 Å². The summed E-state index contributed by atoms with van der Waals surface area (Å²) >= 11 is 3.54. The van der Waals surface area contributed by atoms with Gasteiger partial charge in [-0.2, -0.15) is 5.10 Å². The van der Waals surface area contributed by atoms with E-state index < -0.39 is 0 Å².